The molecule has 0 atom stereocenters. The molecule has 0 saturated carbocycles. The second-order valence-corrected chi connectivity index (χ2v) is 7.35. The first-order chi connectivity index (χ1) is 16.4. The molecule has 0 spiro atoms. The van der Waals surface area contributed by atoms with E-state index in [4.69, 9.17) is 14.2 Å². The van der Waals surface area contributed by atoms with Gasteiger partial charge in [-0.15, -0.1) is 0 Å². The van der Waals surface area contributed by atoms with Gasteiger partial charge in [0, 0.05) is 11.4 Å². The minimum absolute atomic E-state index is 0.0751. The summed E-state index contributed by atoms with van der Waals surface area (Å²) in [6.45, 7) is 3.63. The van der Waals surface area contributed by atoms with Crippen LogP contribution in [0.4, 0.5) is 5.69 Å². The molecule has 1 heterocycles. The molecule has 2 aromatic carbocycles. The van der Waals surface area contributed by atoms with Crippen LogP contribution < -0.4 is 25.0 Å². The Morgan fingerprint density at radius 2 is 1.76 bits per heavy atom. The quantitative estimate of drug-likeness (QED) is 0.351. The first-order valence-electron chi connectivity index (χ1n) is 10.5. The predicted molar refractivity (Wildman–Crippen MR) is 128 cm³/mol. The summed E-state index contributed by atoms with van der Waals surface area (Å²) in [6, 6.07) is 14.0. The van der Waals surface area contributed by atoms with Crippen LogP contribution in [0.2, 0.25) is 0 Å². The number of hydrogen-bond donors (Lipinski definition) is 2. The van der Waals surface area contributed by atoms with Crippen LogP contribution in [-0.4, -0.2) is 48.6 Å². The highest BCUT2D eigenvalue weighted by molar-refractivity contribution is 5.92. The Kier molecular flexibility index (Phi) is 8.22. The van der Waals surface area contributed by atoms with Gasteiger partial charge < -0.3 is 19.5 Å². The summed E-state index contributed by atoms with van der Waals surface area (Å²) in [7, 11) is 3.07. The molecule has 0 saturated heterocycles. The van der Waals surface area contributed by atoms with Crippen molar-refractivity contribution in [3.05, 3.63) is 65.5 Å². The molecule has 0 bridgehead atoms. The summed E-state index contributed by atoms with van der Waals surface area (Å²) in [5.74, 6) is 0.916. The maximum atomic E-state index is 12.2. The first-order valence-corrected chi connectivity index (χ1v) is 10.5. The van der Waals surface area contributed by atoms with Crippen molar-refractivity contribution in [3.63, 3.8) is 0 Å². The molecule has 10 nitrogen and oxygen atoms in total. The zero-order valence-electron chi connectivity index (χ0n) is 19.5. The van der Waals surface area contributed by atoms with Gasteiger partial charge in [-0.3, -0.25) is 14.3 Å². The molecule has 1 aromatic heterocycles. The monoisotopic (exact) mass is 465 g/mol. The van der Waals surface area contributed by atoms with E-state index in [1.807, 2.05) is 19.9 Å². The average molecular weight is 466 g/mol. The summed E-state index contributed by atoms with van der Waals surface area (Å²) in [4.78, 5) is 24.3. The van der Waals surface area contributed by atoms with E-state index in [1.54, 1.807) is 54.3 Å². The van der Waals surface area contributed by atoms with Gasteiger partial charge in [-0.2, -0.15) is 10.2 Å². The van der Waals surface area contributed by atoms with Gasteiger partial charge in [-0.25, -0.2) is 5.43 Å². The number of methoxy groups -OCH3 is 2. The third-order valence-electron chi connectivity index (χ3n) is 4.72. The molecule has 2 amide bonds. The minimum Gasteiger partial charge on any atom is -0.497 e. The molecule has 178 valence electrons. The molecule has 0 unspecified atom stereocenters. The number of hydrazone groups is 1. The molecule has 0 aliphatic heterocycles. The van der Waals surface area contributed by atoms with Gasteiger partial charge in [-0.1, -0.05) is 0 Å². The highest BCUT2D eigenvalue weighted by atomic mass is 16.5. The molecule has 0 fully saturated rings. The third-order valence-corrected chi connectivity index (χ3v) is 4.72. The van der Waals surface area contributed by atoms with Crippen LogP contribution in [-0.2, 0) is 16.1 Å². The van der Waals surface area contributed by atoms with Crippen molar-refractivity contribution < 1.29 is 23.8 Å². The lowest BCUT2D eigenvalue weighted by atomic mass is 10.2. The smallest absolute Gasteiger partial charge is 0.262 e. The van der Waals surface area contributed by atoms with Gasteiger partial charge in [-0.05, 0) is 67.9 Å². The maximum absolute atomic E-state index is 12.2. The highest BCUT2D eigenvalue weighted by Gasteiger charge is 2.10. The molecule has 0 radical (unpaired) electrons. The fraction of sp³-hybridized carbons (Fsp3) is 0.250. The number of rotatable bonds is 10. The number of carbonyl (C=O) groups is 2. The molecule has 10 heteroatoms. The largest absolute Gasteiger partial charge is 0.497 e. The standard InChI is InChI=1S/C24H27N5O5/c1-16-11-17(2)29(28-16)14-23(30)27-25-13-18-5-10-21(22(12-18)33-4)34-15-24(31)26-19-6-8-20(32-3)9-7-19/h5-13H,14-15H2,1-4H3,(H,26,31)(H,27,30)/b25-13+. The second kappa shape index (κ2) is 11.5. The van der Waals surface area contributed by atoms with E-state index in [2.05, 4.69) is 20.9 Å². The van der Waals surface area contributed by atoms with E-state index in [0.717, 1.165) is 11.4 Å². The van der Waals surface area contributed by atoms with Crippen LogP contribution in [0, 0.1) is 13.8 Å². The van der Waals surface area contributed by atoms with E-state index in [1.165, 1.54) is 13.3 Å². The number of benzene rings is 2. The Balaban J connectivity index is 1.52. The van der Waals surface area contributed by atoms with Gasteiger partial charge in [0.15, 0.2) is 18.1 Å². The maximum Gasteiger partial charge on any atom is 0.262 e. The lowest BCUT2D eigenvalue weighted by molar-refractivity contribution is -0.122. The van der Waals surface area contributed by atoms with Crippen molar-refractivity contribution in [3.8, 4) is 17.2 Å². The van der Waals surface area contributed by atoms with E-state index >= 15 is 0 Å². The molecule has 34 heavy (non-hydrogen) atoms. The van der Waals surface area contributed by atoms with Crippen molar-refractivity contribution in [2.75, 3.05) is 26.1 Å². The summed E-state index contributed by atoms with van der Waals surface area (Å²) in [5.41, 5.74) is 5.53. The number of hydrogen-bond acceptors (Lipinski definition) is 7. The molecule has 0 aliphatic carbocycles. The number of aromatic nitrogens is 2. The average Bonchev–Trinajstić information content (AvgIpc) is 3.14. The SMILES string of the molecule is COc1ccc(NC(=O)COc2ccc(/C=N/NC(=O)Cn3nc(C)cc3C)cc2OC)cc1. The highest BCUT2D eigenvalue weighted by Crippen LogP contribution is 2.27. The van der Waals surface area contributed by atoms with Gasteiger partial charge >= 0.3 is 0 Å². The van der Waals surface area contributed by atoms with Crippen LogP contribution in [0.5, 0.6) is 17.2 Å². The summed E-state index contributed by atoms with van der Waals surface area (Å²) >= 11 is 0. The van der Waals surface area contributed by atoms with E-state index in [9.17, 15) is 9.59 Å². The van der Waals surface area contributed by atoms with Crippen molar-refractivity contribution >= 4 is 23.7 Å². The van der Waals surface area contributed by atoms with E-state index in [0.29, 0.717) is 28.5 Å². The molecular weight excluding hydrogens is 438 g/mol. The number of nitrogens with zero attached hydrogens (tertiary/aromatic N) is 3. The number of anilines is 1. The van der Waals surface area contributed by atoms with E-state index in [-0.39, 0.29) is 25.0 Å². The van der Waals surface area contributed by atoms with Crippen molar-refractivity contribution in [2.45, 2.75) is 20.4 Å². The van der Waals surface area contributed by atoms with Crippen LogP contribution in [0.1, 0.15) is 17.0 Å². The molecular formula is C24H27N5O5. The number of carbonyl (C=O) groups excluding carboxylic acids is 2. The van der Waals surface area contributed by atoms with Gasteiger partial charge in [0.25, 0.3) is 11.8 Å². The molecule has 3 rings (SSSR count). The van der Waals surface area contributed by atoms with E-state index < -0.39 is 0 Å². The van der Waals surface area contributed by atoms with Crippen LogP contribution in [0.25, 0.3) is 0 Å². The Labute approximate surface area is 197 Å². The molecule has 0 aliphatic rings. The Hall–Kier alpha value is -4.34. The Morgan fingerprint density at radius 3 is 2.41 bits per heavy atom. The number of aryl methyl sites for hydroxylation is 2. The minimum atomic E-state index is -0.316. The Bertz CT molecular complexity index is 1170. The third kappa shape index (κ3) is 6.83. The normalized spacial score (nSPS) is 10.7. The zero-order chi connectivity index (χ0) is 24.5. The van der Waals surface area contributed by atoms with Crippen molar-refractivity contribution in [1.82, 2.24) is 15.2 Å². The van der Waals surface area contributed by atoms with Crippen LogP contribution >= 0.6 is 0 Å². The van der Waals surface area contributed by atoms with Crippen LogP contribution in [0.15, 0.2) is 53.6 Å². The Morgan fingerprint density at radius 1 is 1.00 bits per heavy atom. The number of nitrogens with one attached hydrogen (secondary N) is 2. The fourth-order valence-corrected chi connectivity index (χ4v) is 3.08. The molecule has 3 aromatic rings. The van der Waals surface area contributed by atoms with Gasteiger partial charge in [0.1, 0.15) is 12.3 Å². The zero-order valence-corrected chi connectivity index (χ0v) is 19.5. The topological polar surface area (TPSA) is 116 Å². The number of ether oxygens (including phenoxy) is 3. The lowest BCUT2D eigenvalue weighted by Crippen LogP contribution is -2.24. The van der Waals surface area contributed by atoms with Gasteiger partial charge in [0.05, 0.1) is 26.1 Å². The summed E-state index contributed by atoms with van der Waals surface area (Å²) in [6.07, 6.45) is 1.49. The number of amides is 2. The predicted octanol–water partition coefficient (Wildman–Crippen LogP) is 2.68. The fourth-order valence-electron chi connectivity index (χ4n) is 3.08. The lowest BCUT2D eigenvalue weighted by Gasteiger charge is -2.11. The van der Waals surface area contributed by atoms with Crippen molar-refractivity contribution in [1.29, 1.82) is 0 Å². The van der Waals surface area contributed by atoms with Crippen LogP contribution in [0.3, 0.4) is 0 Å². The van der Waals surface area contributed by atoms with Crippen molar-refractivity contribution in [2.24, 2.45) is 5.10 Å². The summed E-state index contributed by atoms with van der Waals surface area (Å²) < 4.78 is 17.7. The molecule has 2 N–H and O–H groups in total. The summed E-state index contributed by atoms with van der Waals surface area (Å²) in [5, 5.41) is 11.0. The van der Waals surface area contributed by atoms with Gasteiger partial charge in [0.2, 0.25) is 0 Å². The first kappa shape index (κ1) is 24.3. The second-order valence-electron chi connectivity index (χ2n) is 7.35.